The van der Waals surface area contributed by atoms with Gasteiger partial charge in [-0.3, -0.25) is 9.36 Å². The van der Waals surface area contributed by atoms with Crippen LogP contribution in [0.3, 0.4) is 0 Å². The number of halogens is 1. The second kappa shape index (κ2) is 14.8. The van der Waals surface area contributed by atoms with Gasteiger partial charge in [-0.1, -0.05) is 89.7 Å². The normalized spacial score (nSPS) is 14.1. The van der Waals surface area contributed by atoms with E-state index in [1.165, 1.54) is 30.1 Å². The average molecular weight is 697 g/mol. The Morgan fingerprint density at radius 1 is 0.898 bits per heavy atom. The monoisotopic (exact) mass is 696 g/mol. The van der Waals surface area contributed by atoms with E-state index in [2.05, 4.69) is 0 Å². The molecular weight excluding hydrogens is 664 g/mol. The highest BCUT2D eigenvalue weighted by Crippen LogP contribution is 2.39. The molecule has 0 aliphatic carbocycles. The summed E-state index contributed by atoms with van der Waals surface area (Å²) in [5.41, 5.74) is 3.20. The smallest absolute Gasteiger partial charge is 0.338 e. The van der Waals surface area contributed by atoms with Crippen molar-refractivity contribution in [2.45, 2.75) is 19.6 Å². The van der Waals surface area contributed by atoms with Gasteiger partial charge >= 0.3 is 5.97 Å². The zero-order chi connectivity index (χ0) is 34.5. The third-order valence-electron chi connectivity index (χ3n) is 7.87. The van der Waals surface area contributed by atoms with E-state index in [1.807, 2.05) is 60.7 Å². The zero-order valence-corrected chi connectivity index (χ0v) is 28.8. The molecule has 0 amide bonds. The van der Waals surface area contributed by atoms with Crippen LogP contribution in [-0.2, 0) is 16.1 Å². The number of fused-ring (bicyclic) bond motifs is 1. The largest absolute Gasteiger partial charge is 0.493 e. The predicted molar refractivity (Wildman–Crippen MR) is 189 cm³/mol. The standard InChI is InChI=1S/C38H33ClN2O7S/c1-5-47-37(43)32-33(25-14-10-7-11-15-25)40-38-41(34(32)26-16-17-28(44-2)29(21-26)45-3)36(42)31(49-38)20-24-18-27(39)35(30(19-24)46-4)48-22-23-12-8-6-9-13-23/h6-21,34H,5,22H2,1-4H3/b31-20-/t34-/m0/s1. The van der Waals surface area contributed by atoms with Crippen LogP contribution in [0.2, 0.25) is 5.02 Å². The number of benzene rings is 4. The second-order valence-electron chi connectivity index (χ2n) is 10.9. The highest BCUT2D eigenvalue weighted by molar-refractivity contribution is 7.07. The number of carbonyl (C=O) groups excluding carboxylic acids is 1. The van der Waals surface area contributed by atoms with Crippen LogP contribution in [0.4, 0.5) is 0 Å². The van der Waals surface area contributed by atoms with Gasteiger partial charge in [0.15, 0.2) is 27.8 Å². The van der Waals surface area contributed by atoms with Crippen molar-refractivity contribution in [3.8, 4) is 23.0 Å². The molecule has 0 N–H and O–H groups in total. The number of thiazole rings is 1. The minimum absolute atomic E-state index is 0.140. The maximum absolute atomic E-state index is 14.4. The molecular formula is C38H33ClN2O7S. The molecule has 2 heterocycles. The van der Waals surface area contributed by atoms with Gasteiger partial charge in [0.2, 0.25) is 0 Å². The second-order valence-corrected chi connectivity index (χ2v) is 12.3. The first-order chi connectivity index (χ1) is 23.9. The summed E-state index contributed by atoms with van der Waals surface area (Å²) in [7, 11) is 4.60. The van der Waals surface area contributed by atoms with Gasteiger partial charge in [0.1, 0.15) is 6.61 Å². The summed E-state index contributed by atoms with van der Waals surface area (Å²) < 4.78 is 30.2. The third kappa shape index (κ3) is 6.83. The molecule has 0 saturated heterocycles. The molecule has 250 valence electrons. The number of ether oxygens (including phenoxy) is 5. The van der Waals surface area contributed by atoms with Crippen LogP contribution in [-0.4, -0.2) is 38.5 Å². The Labute approximate surface area is 291 Å². The van der Waals surface area contributed by atoms with Crippen molar-refractivity contribution in [2.24, 2.45) is 4.99 Å². The van der Waals surface area contributed by atoms with Crippen LogP contribution < -0.4 is 33.8 Å². The van der Waals surface area contributed by atoms with Gasteiger partial charge in [-0.25, -0.2) is 9.79 Å². The Morgan fingerprint density at radius 3 is 2.27 bits per heavy atom. The molecule has 1 atom stereocenters. The van der Waals surface area contributed by atoms with Crippen LogP contribution >= 0.6 is 22.9 Å². The van der Waals surface area contributed by atoms with Crippen molar-refractivity contribution in [3.63, 3.8) is 0 Å². The Balaban J connectivity index is 1.53. The minimum atomic E-state index is -0.889. The molecule has 0 unspecified atom stereocenters. The van der Waals surface area contributed by atoms with Crippen LogP contribution in [0.1, 0.15) is 35.2 Å². The maximum atomic E-state index is 14.4. The summed E-state index contributed by atoms with van der Waals surface area (Å²) in [6, 6.07) is 27.0. The van der Waals surface area contributed by atoms with Gasteiger partial charge in [-0.2, -0.15) is 0 Å². The van der Waals surface area contributed by atoms with E-state index in [1.54, 1.807) is 50.4 Å². The molecule has 1 aromatic heterocycles. The number of hydrogen-bond acceptors (Lipinski definition) is 9. The molecule has 0 radical (unpaired) electrons. The topological polar surface area (TPSA) is 97.6 Å². The van der Waals surface area contributed by atoms with Crippen molar-refractivity contribution in [1.82, 2.24) is 4.57 Å². The van der Waals surface area contributed by atoms with Gasteiger partial charge in [-0.15, -0.1) is 0 Å². The number of aromatic nitrogens is 1. The number of rotatable bonds is 11. The van der Waals surface area contributed by atoms with Crippen LogP contribution in [0.15, 0.2) is 106 Å². The van der Waals surface area contributed by atoms with Gasteiger partial charge in [0.25, 0.3) is 5.56 Å². The van der Waals surface area contributed by atoms with Crippen LogP contribution in [0.5, 0.6) is 23.0 Å². The highest BCUT2D eigenvalue weighted by Gasteiger charge is 2.35. The summed E-state index contributed by atoms with van der Waals surface area (Å²) >= 11 is 7.91. The van der Waals surface area contributed by atoms with E-state index >= 15 is 0 Å². The summed E-state index contributed by atoms with van der Waals surface area (Å²) in [4.78, 5) is 33.5. The molecule has 4 aromatic carbocycles. The summed E-state index contributed by atoms with van der Waals surface area (Å²) in [5.74, 6) is 1.18. The van der Waals surface area contributed by atoms with E-state index in [-0.39, 0.29) is 17.7 Å². The molecule has 11 heteroatoms. The van der Waals surface area contributed by atoms with E-state index in [0.29, 0.717) is 66.3 Å². The van der Waals surface area contributed by atoms with Crippen molar-refractivity contribution in [2.75, 3.05) is 27.9 Å². The fourth-order valence-electron chi connectivity index (χ4n) is 5.62. The van der Waals surface area contributed by atoms with Crippen molar-refractivity contribution >= 4 is 40.7 Å². The van der Waals surface area contributed by atoms with Gasteiger partial charge in [0.05, 0.1) is 54.8 Å². The fourth-order valence-corrected chi connectivity index (χ4v) is 6.90. The Kier molecular flexibility index (Phi) is 10.2. The van der Waals surface area contributed by atoms with Gasteiger partial charge in [0, 0.05) is 5.56 Å². The number of carbonyl (C=O) groups is 1. The highest BCUT2D eigenvalue weighted by atomic mass is 35.5. The Morgan fingerprint density at radius 2 is 1.59 bits per heavy atom. The number of hydrogen-bond donors (Lipinski definition) is 0. The molecule has 0 saturated carbocycles. The first-order valence-corrected chi connectivity index (χ1v) is 16.6. The lowest BCUT2D eigenvalue weighted by molar-refractivity contribution is -0.138. The van der Waals surface area contributed by atoms with E-state index in [4.69, 9.17) is 40.3 Å². The van der Waals surface area contributed by atoms with E-state index < -0.39 is 12.0 Å². The molecule has 1 aliphatic rings. The van der Waals surface area contributed by atoms with Crippen LogP contribution in [0, 0.1) is 0 Å². The number of esters is 1. The van der Waals surface area contributed by atoms with E-state index in [0.717, 1.165) is 5.56 Å². The molecule has 0 spiro atoms. The quantitative estimate of drug-likeness (QED) is 0.152. The molecule has 6 rings (SSSR count). The Hall–Kier alpha value is -5.32. The molecule has 1 aliphatic heterocycles. The lowest BCUT2D eigenvalue weighted by Gasteiger charge is -2.26. The van der Waals surface area contributed by atoms with Crippen LogP contribution in [0.25, 0.3) is 11.8 Å². The van der Waals surface area contributed by atoms with Crippen molar-refractivity contribution in [1.29, 1.82) is 0 Å². The first kappa shape index (κ1) is 33.6. The summed E-state index contributed by atoms with van der Waals surface area (Å²) in [6.07, 6.45) is 1.72. The lowest BCUT2D eigenvalue weighted by Crippen LogP contribution is -2.40. The third-order valence-corrected chi connectivity index (χ3v) is 9.14. The minimum Gasteiger partial charge on any atom is -0.493 e. The lowest BCUT2D eigenvalue weighted by atomic mass is 9.93. The zero-order valence-electron chi connectivity index (χ0n) is 27.3. The summed E-state index contributed by atoms with van der Waals surface area (Å²) in [5, 5.41) is 0.327. The Bertz CT molecular complexity index is 2210. The van der Waals surface area contributed by atoms with Crippen molar-refractivity contribution < 1.29 is 28.5 Å². The molecule has 0 bridgehead atoms. The summed E-state index contributed by atoms with van der Waals surface area (Å²) in [6.45, 7) is 2.18. The maximum Gasteiger partial charge on any atom is 0.338 e. The number of nitrogens with zero attached hydrogens (tertiary/aromatic N) is 2. The number of methoxy groups -OCH3 is 3. The first-order valence-electron chi connectivity index (χ1n) is 15.4. The SMILES string of the molecule is CCOC(=O)C1=C(c2ccccc2)N=c2s/c(=C\c3cc(Cl)c(OCc4ccccc4)c(OC)c3)c(=O)n2[C@H]1c1ccc(OC)c(OC)c1. The molecule has 49 heavy (non-hydrogen) atoms. The molecule has 5 aromatic rings. The van der Waals surface area contributed by atoms with Gasteiger partial charge in [-0.05, 0) is 54.0 Å². The van der Waals surface area contributed by atoms with Gasteiger partial charge < -0.3 is 23.7 Å². The average Bonchev–Trinajstić information content (AvgIpc) is 3.44. The molecule has 0 fully saturated rings. The van der Waals surface area contributed by atoms with E-state index in [9.17, 15) is 9.59 Å². The fraction of sp³-hybridized carbons (Fsp3) is 0.184. The molecule has 9 nitrogen and oxygen atoms in total. The van der Waals surface area contributed by atoms with Crippen molar-refractivity contribution in [3.05, 3.63) is 144 Å². The predicted octanol–water partition coefficient (Wildman–Crippen LogP) is 6.19.